The molecule has 1 atom stereocenters. The molecule has 1 aromatic heterocycles. The molecule has 2 heterocycles. The second-order valence-electron chi connectivity index (χ2n) is 8.09. The molecule has 0 spiro atoms. The molecular weight excluding hydrogens is 370 g/mol. The van der Waals surface area contributed by atoms with E-state index in [-0.39, 0.29) is 18.4 Å². The number of para-hydroxylation sites is 1. The van der Waals surface area contributed by atoms with Crippen LogP contribution in [-0.4, -0.2) is 44.6 Å². The van der Waals surface area contributed by atoms with Gasteiger partial charge >= 0.3 is 6.03 Å². The molecule has 1 saturated heterocycles. The van der Waals surface area contributed by atoms with Crippen LogP contribution in [0.25, 0.3) is 5.69 Å². The highest BCUT2D eigenvalue weighted by Gasteiger charge is 2.48. The standard InChI is InChI=1S/C21H27N5O3/c1-13(2)11-21(5)19(28)25(20(29)23-21)12-17(27)22-18-14(3)24-26(15(18)4)16-9-7-6-8-10-16/h6-10,13H,11-12H2,1-5H3,(H,22,27)(H,23,29). The number of nitrogens with one attached hydrogen (secondary N) is 2. The van der Waals surface area contributed by atoms with Gasteiger partial charge in [0.2, 0.25) is 5.91 Å². The van der Waals surface area contributed by atoms with E-state index in [1.165, 1.54) is 0 Å². The van der Waals surface area contributed by atoms with E-state index < -0.39 is 17.5 Å². The number of amides is 4. The molecule has 0 bridgehead atoms. The van der Waals surface area contributed by atoms with E-state index in [4.69, 9.17) is 0 Å². The van der Waals surface area contributed by atoms with Crippen molar-refractivity contribution in [2.24, 2.45) is 5.92 Å². The van der Waals surface area contributed by atoms with Gasteiger partial charge in [0.1, 0.15) is 12.1 Å². The molecule has 3 rings (SSSR count). The fraction of sp³-hybridized carbons (Fsp3) is 0.429. The Hall–Kier alpha value is -3.16. The molecule has 4 amide bonds. The molecule has 2 aromatic rings. The first-order valence-electron chi connectivity index (χ1n) is 9.68. The van der Waals surface area contributed by atoms with Crippen molar-refractivity contribution in [3.8, 4) is 5.69 Å². The van der Waals surface area contributed by atoms with E-state index in [2.05, 4.69) is 15.7 Å². The Morgan fingerprint density at radius 2 is 1.86 bits per heavy atom. The van der Waals surface area contributed by atoms with Crippen LogP contribution in [0.1, 0.15) is 38.6 Å². The molecular formula is C21H27N5O3. The number of aryl methyl sites for hydroxylation is 1. The average molecular weight is 397 g/mol. The Kier molecular flexibility index (Phi) is 5.46. The van der Waals surface area contributed by atoms with Crippen LogP contribution in [0.15, 0.2) is 30.3 Å². The van der Waals surface area contributed by atoms with Gasteiger partial charge in [-0.2, -0.15) is 5.10 Å². The van der Waals surface area contributed by atoms with Gasteiger partial charge in [0.05, 0.1) is 22.8 Å². The fourth-order valence-electron chi connectivity index (χ4n) is 3.81. The molecule has 29 heavy (non-hydrogen) atoms. The minimum Gasteiger partial charge on any atom is -0.323 e. The molecule has 154 valence electrons. The molecule has 0 saturated carbocycles. The second-order valence-corrected chi connectivity index (χ2v) is 8.09. The Morgan fingerprint density at radius 1 is 1.21 bits per heavy atom. The zero-order valence-electron chi connectivity index (χ0n) is 17.4. The number of imide groups is 1. The van der Waals surface area contributed by atoms with Crippen molar-refractivity contribution < 1.29 is 14.4 Å². The lowest BCUT2D eigenvalue weighted by atomic mass is 9.91. The molecule has 8 nitrogen and oxygen atoms in total. The maximum atomic E-state index is 12.7. The van der Waals surface area contributed by atoms with E-state index in [1.807, 2.05) is 51.1 Å². The lowest BCUT2D eigenvalue weighted by molar-refractivity contribution is -0.133. The van der Waals surface area contributed by atoms with Crippen LogP contribution in [-0.2, 0) is 9.59 Å². The van der Waals surface area contributed by atoms with E-state index in [1.54, 1.807) is 18.5 Å². The first-order chi connectivity index (χ1) is 13.6. The van der Waals surface area contributed by atoms with Gasteiger partial charge in [-0.05, 0) is 45.2 Å². The van der Waals surface area contributed by atoms with Gasteiger partial charge in [-0.15, -0.1) is 0 Å². The smallest absolute Gasteiger partial charge is 0.323 e. The lowest BCUT2D eigenvalue weighted by Gasteiger charge is -2.23. The van der Waals surface area contributed by atoms with Crippen molar-refractivity contribution in [2.45, 2.75) is 46.6 Å². The summed E-state index contributed by atoms with van der Waals surface area (Å²) >= 11 is 0. The summed E-state index contributed by atoms with van der Waals surface area (Å²) in [5.41, 5.74) is 1.91. The monoisotopic (exact) mass is 397 g/mol. The number of urea groups is 1. The number of carbonyl (C=O) groups excluding carboxylic acids is 3. The maximum Gasteiger partial charge on any atom is 0.325 e. The van der Waals surface area contributed by atoms with Crippen LogP contribution in [0.2, 0.25) is 0 Å². The van der Waals surface area contributed by atoms with Crippen molar-refractivity contribution in [3.05, 3.63) is 41.7 Å². The van der Waals surface area contributed by atoms with Gasteiger partial charge in [0.15, 0.2) is 0 Å². The summed E-state index contributed by atoms with van der Waals surface area (Å²) in [5, 5.41) is 10.0. The number of nitrogens with zero attached hydrogens (tertiary/aromatic N) is 3. The summed E-state index contributed by atoms with van der Waals surface area (Å²) in [4.78, 5) is 38.6. The third kappa shape index (κ3) is 4.01. The summed E-state index contributed by atoms with van der Waals surface area (Å²) in [5.74, 6) is -0.590. The number of aromatic nitrogens is 2. The van der Waals surface area contributed by atoms with Crippen molar-refractivity contribution in [1.29, 1.82) is 0 Å². The Morgan fingerprint density at radius 3 is 2.48 bits per heavy atom. The predicted octanol–water partition coefficient (Wildman–Crippen LogP) is 2.78. The summed E-state index contributed by atoms with van der Waals surface area (Å²) in [6, 6.07) is 9.05. The maximum absolute atomic E-state index is 12.7. The van der Waals surface area contributed by atoms with Crippen LogP contribution < -0.4 is 10.6 Å². The van der Waals surface area contributed by atoms with E-state index in [9.17, 15) is 14.4 Å². The van der Waals surface area contributed by atoms with Gasteiger partial charge < -0.3 is 10.6 Å². The van der Waals surface area contributed by atoms with Crippen LogP contribution >= 0.6 is 0 Å². The van der Waals surface area contributed by atoms with Gasteiger partial charge in [0, 0.05) is 0 Å². The van der Waals surface area contributed by atoms with E-state index >= 15 is 0 Å². The molecule has 0 aliphatic carbocycles. The molecule has 8 heteroatoms. The minimum absolute atomic E-state index is 0.229. The summed E-state index contributed by atoms with van der Waals surface area (Å²) in [7, 11) is 0. The highest BCUT2D eigenvalue weighted by Crippen LogP contribution is 2.26. The van der Waals surface area contributed by atoms with Crippen molar-refractivity contribution in [1.82, 2.24) is 20.0 Å². The highest BCUT2D eigenvalue weighted by molar-refractivity contribution is 6.10. The number of hydrogen-bond acceptors (Lipinski definition) is 4. The molecule has 2 N–H and O–H groups in total. The zero-order valence-corrected chi connectivity index (χ0v) is 17.4. The third-order valence-electron chi connectivity index (χ3n) is 5.02. The number of carbonyl (C=O) groups is 3. The summed E-state index contributed by atoms with van der Waals surface area (Å²) < 4.78 is 1.75. The Balaban J connectivity index is 1.74. The number of benzene rings is 1. The van der Waals surface area contributed by atoms with Gasteiger partial charge in [-0.1, -0.05) is 32.0 Å². The average Bonchev–Trinajstić information content (AvgIpc) is 3.04. The van der Waals surface area contributed by atoms with Crippen molar-refractivity contribution >= 4 is 23.5 Å². The van der Waals surface area contributed by atoms with Crippen molar-refractivity contribution in [3.63, 3.8) is 0 Å². The third-order valence-corrected chi connectivity index (χ3v) is 5.02. The number of hydrogen-bond donors (Lipinski definition) is 2. The molecule has 1 aliphatic heterocycles. The topological polar surface area (TPSA) is 96.3 Å². The van der Waals surface area contributed by atoms with Crippen LogP contribution in [0, 0.1) is 19.8 Å². The SMILES string of the molecule is Cc1nn(-c2ccccc2)c(C)c1NC(=O)CN1C(=O)NC(C)(CC(C)C)C1=O. The first kappa shape index (κ1) is 20.6. The van der Waals surface area contributed by atoms with Gasteiger partial charge in [-0.25, -0.2) is 9.48 Å². The Bertz CT molecular complexity index is 951. The minimum atomic E-state index is -0.977. The van der Waals surface area contributed by atoms with E-state index in [0.717, 1.165) is 16.3 Å². The first-order valence-corrected chi connectivity index (χ1v) is 9.68. The molecule has 1 aromatic carbocycles. The number of anilines is 1. The zero-order chi connectivity index (χ0) is 21.3. The van der Waals surface area contributed by atoms with Crippen LogP contribution in [0.3, 0.4) is 0 Å². The van der Waals surface area contributed by atoms with Crippen LogP contribution in [0.4, 0.5) is 10.5 Å². The molecule has 1 aliphatic rings. The predicted molar refractivity (Wildman–Crippen MR) is 110 cm³/mol. The quantitative estimate of drug-likeness (QED) is 0.733. The normalized spacial score (nSPS) is 19.0. The van der Waals surface area contributed by atoms with Gasteiger partial charge in [0.25, 0.3) is 5.91 Å². The molecule has 1 unspecified atom stereocenters. The van der Waals surface area contributed by atoms with Crippen LogP contribution in [0.5, 0.6) is 0 Å². The fourth-order valence-corrected chi connectivity index (χ4v) is 3.81. The van der Waals surface area contributed by atoms with Gasteiger partial charge in [-0.3, -0.25) is 14.5 Å². The Labute approximate surface area is 170 Å². The highest BCUT2D eigenvalue weighted by atomic mass is 16.2. The largest absolute Gasteiger partial charge is 0.325 e. The summed E-state index contributed by atoms with van der Waals surface area (Å²) in [6.07, 6.45) is 0.512. The van der Waals surface area contributed by atoms with E-state index in [0.29, 0.717) is 17.8 Å². The number of rotatable bonds is 6. The lowest BCUT2D eigenvalue weighted by Crippen LogP contribution is -2.45. The molecule has 1 fully saturated rings. The molecule has 0 radical (unpaired) electrons. The summed E-state index contributed by atoms with van der Waals surface area (Å²) in [6.45, 7) is 8.98. The second kappa shape index (κ2) is 7.69. The van der Waals surface area contributed by atoms with Crippen molar-refractivity contribution in [2.75, 3.05) is 11.9 Å².